The van der Waals surface area contributed by atoms with Crippen LogP contribution in [0, 0.1) is 12.7 Å². The van der Waals surface area contributed by atoms with E-state index in [1.165, 1.54) is 12.1 Å². The number of nitrogen functional groups attached to an aromatic ring is 2. The van der Waals surface area contributed by atoms with E-state index in [2.05, 4.69) is 10.7 Å². The first kappa shape index (κ1) is 15.5. The topological polar surface area (TPSA) is 93.2 Å². The van der Waals surface area contributed by atoms with E-state index in [4.69, 9.17) is 11.6 Å². The average Bonchev–Trinajstić information content (AvgIpc) is 2.51. The smallest absolute Gasteiger partial charge is 0.248 e. The highest BCUT2D eigenvalue weighted by molar-refractivity contribution is 6.02. The zero-order valence-corrected chi connectivity index (χ0v) is 12.1. The van der Waals surface area contributed by atoms with E-state index in [0.29, 0.717) is 22.6 Å². The highest BCUT2D eigenvalue weighted by Gasteiger charge is 2.05. The molecule has 0 bridgehead atoms. The summed E-state index contributed by atoms with van der Waals surface area (Å²) in [5.74, 6) is 4.62. The summed E-state index contributed by atoms with van der Waals surface area (Å²) in [4.78, 5) is 11.9. The van der Waals surface area contributed by atoms with Gasteiger partial charge in [-0.25, -0.2) is 4.39 Å². The lowest BCUT2D eigenvalue weighted by molar-refractivity contribution is -0.111. The summed E-state index contributed by atoms with van der Waals surface area (Å²) < 4.78 is 13.4. The van der Waals surface area contributed by atoms with Gasteiger partial charge >= 0.3 is 0 Å². The number of benzene rings is 2. The van der Waals surface area contributed by atoms with Gasteiger partial charge < -0.3 is 16.5 Å². The first-order valence-electron chi connectivity index (χ1n) is 6.61. The molecule has 114 valence electrons. The number of halogens is 1. The highest BCUT2D eigenvalue weighted by atomic mass is 19.1. The molecule has 2 aromatic carbocycles. The lowest BCUT2D eigenvalue weighted by atomic mass is 10.1. The van der Waals surface area contributed by atoms with E-state index < -0.39 is 0 Å². The van der Waals surface area contributed by atoms with Gasteiger partial charge in [-0.2, -0.15) is 0 Å². The molecule has 0 atom stereocenters. The van der Waals surface area contributed by atoms with Crippen LogP contribution in [0.3, 0.4) is 0 Å². The van der Waals surface area contributed by atoms with Crippen LogP contribution in [0.4, 0.5) is 21.5 Å². The molecule has 0 spiro atoms. The lowest BCUT2D eigenvalue weighted by Crippen LogP contribution is -2.10. The number of hydrazine groups is 1. The molecule has 0 saturated carbocycles. The summed E-state index contributed by atoms with van der Waals surface area (Å²) >= 11 is 0. The molecule has 0 aliphatic rings. The van der Waals surface area contributed by atoms with Crippen molar-refractivity contribution in [2.75, 3.05) is 16.5 Å². The largest absolute Gasteiger partial charge is 0.397 e. The van der Waals surface area contributed by atoms with Gasteiger partial charge in [-0.05, 0) is 42.8 Å². The maximum atomic E-state index is 13.4. The SMILES string of the molecule is Cc1c(F)cccc1NC(=O)/C=C/c1ccc(N)c(NN)c1. The molecule has 6 heteroatoms. The number of carbonyl (C=O) groups is 1. The Hall–Kier alpha value is -2.86. The van der Waals surface area contributed by atoms with E-state index >= 15 is 0 Å². The van der Waals surface area contributed by atoms with E-state index in [-0.39, 0.29) is 11.7 Å². The summed E-state index contributed by atoms with van der Waals surface area (Å²) in [5, 5.41) is 2.63. The third kappa shape index (κ3) is 3.62. The summed E-state index contributed by atoms with van der Waals surface area (Å²) in [6, 6.07) is 9.69. The molecule has 0 aliphatic carbocycles. The van der Waals surface area contributed by atoms with Crippen molar-refractivity contribution in [3.8, 4) is 0 Å². The van der Waals surface area contributed by atoms with Crippen molar-refractivity contribution in [3.63, 3.8) is 0 Å². The third-order valence-electron chi connectivity index (χ3n) is 3.19. The van der Waals surface area contributed by atoms with Gasteiger partial charge in [-0.1, -0.05) is 12.1 Å². The van der Waals surface area contributed by atoms with Gasteiger partial charge in [0.2, 0.25) is 5.91 Å². The van der Waals surface area contributed by atoms with E-state index in [9.17, 15) is 9.18 Å². The first-order chi connectivity index (χ1) is 10.5. The molecule has 0 unspecified atom stereocenters. The van der Waals surface area contributed by atoms with Gasteiger partial charge in [0.05, 0.1) is 11.4 Å². The number of amides is 1. The zero-order chi connectivity index (χ0) is 16.1. The maximum absolute atomic E-state index is 13.4. The van der Waals surface area contributed by atoms with Crippen molar-refractivity contribution in [3.05, 3.63) is 59.4 Å². The van der Waals surface area contributed by atoms with Crippen molar-refractivity contribution in [1.29, 1.82) is 0 Å². The Labute approximate surface area is 127 Å². The van der Waals surface area contributed by atoms with Crippen LogP contribution in [0.5, 0.6) is 0 Å². The molecule has 2 aromatic rings. The molecule has 5 nitrogen and oxygen atoms in total. The first-order valence-corrected chi connectivity index (χ1v) is 6.61. The second-order valence-corrected chi connectivity index (χ2v) is 4.73. The van der Waals surface area contributed by atoms with Gasteiger partial charge in [-0.15, -0.1) is 0 Å². The summed E-state index contributed by atoms with van der Waals surface area (Å²) in [5.41, 5.74) is 10.9. The van der Waals surface area contributed by atoms with Crippen LogP contribution in [0.25, 0.3) is 6.08 Å². The van der Waals surface area contributed by atoms with Gasteiger partial charge in [0.25, 0.3) is 0 Å². The monoisotopic (exact) mass is 300 g/mol. The Bertz CT molecular complexity index is 728. The van der Waals surface area contributed by atoms with E-state index in [0.717, 1.165) is 5.56 Å². The highest BCUT2D eigenvalue weighted by Crippen LogP contribution is 2.20. The van der Waals surface area contributed by atoms with Crippen LogP contribution in [-0.4, -0.2) is 5.91 Å². The van der Waals surface area contributed by atoms with Crippen LogP contribution >= 0.6 is 0 Å². The predicted molar refractivity (Wildman–Crippen MR) is 87.5 cm³/mol. The van der Waals surface area contributed by atoms with Crippen molar-refractivity contribution < 1.29 is 9.18 Å². The van der Waals surface area contributed by atoms with E-state index in [1.54, 1.807) is 43.3 Å². The second-order valence-electron chi connectivity index (χ2n) is 4.73. The molecular weight excluding hydrogens is 283 g/mol. The minimum Gasteiger partial charge on any atom is -0.397 e. The van der Waals surface area contributed by atoms with Crippen molar-refractivity contribution in [2.45, 2.75) is 6.92 Å². The van der Waals surface area contributed by atoms with Crippen LogP contribution in [0.2, 0.25) is 0 Å². The number of hydrogen-bond donors (Lipinski definition) is 4. The fraction of sp³-hybridized carbons (Fsp3) is 0.0625. The van der Waals surface area contributed by atoms with Gasteiger partial charge in [0.1, 0.15) is 5.82 Å². The Morgan fingerprint density at radius 1 is 1.23 bits per heavy atom. The maximum Gasteiger partial charge on any atom is 0.248 e. The van der Waals surface area contributed by atoms with E-state index in [1.807, 2.05) is 0 Å². The Morgan fingerprint density at radius 2 is 2.00 bits per heavy atom. The summed E-state index contributed by atoms with van der Waals surface area (Å²) in [6.07, 6.45) is 2.97. The molecule has 2 rings (SSSR count). The molecule has 0 radical (unpaired) electrons. The number of nitrogens with two attached hydrogens (primary N) is 2. The fourth-order valence-electron chi connectivity index (χ4n) is 1.89. The summed E-state index contributed by atoms with van der Waals surface area (Å²) in [6.45, 7) is 1.60. The molecule has 0 aliphatic heterocycles. The van der Waals surface area contributed by atoms with Crippen molar-refractivity contribution in [1.82, 2.24) is 0 Å². The molecule has 0 aromatic heterocycles. The molecule has 0 saturated heterocycles. The third-order valence-corrected chi connectivity index (χ3v) is 3.19. The van der Waals surface area contributed by atoms with Crippen LogP contribution in [0.1, 0.15) is 11.1 Å². The minimum atomic E-state index is -0.362. The average molecular weight is 300 g/mol. The van der Waals surface area contributed by atoms with Crippen LogP contribution in [-0.2, 0) is 4.79 Å². The van der Waals surface area contributed by atoms with Gasteiger partial charge in [-0.3, -0.25) is 10.6 Å². The molecule has 6 N–H and O–H groups in total. The number of anilines is 3. The zero-order valence-electron chi connectivity index (χ0n) is 12.1. The fourth-order valence-corrected chi connectivity index (χ4v) is 1.89. The quantitative estimate of drug-likeness (QED) is 0.302. The second kappa shape index (κ2) is 6.73. The Kier molecular flexibility index (Phi) is 4.75. The normalized spacial score (nSPS) is 10.7. The van der Waals surface area contributed by atoms with Crippen molar-refractivity contribution >= 4 is 29.0 Å². The molecule has 1 amide bonds. The van der Waals surface area contributed by atoms with Crippen molar-refractivity contribution in [2.24, 2.45) is 5.84 Å². The molecule has 0 heterocycles. The summed E-state index contributed by atoms with van der Waals surface area (Å²) in [7, 11) is 0. The standard InChI is InChI=1S/C16H17FN4O/c1-10-12(17)3-2-4-14(10)20-16(22)8-6-11-5-7-13(18)15(9-11)21-19/h2-9,21H,18-19H2,1H3,(H,20,22)/b8-6+. The van der Waals surface area contributed by atoms with Crippen LogP contribution in [0.15, 0.2) is 42.5 Å². The number of carbonyl (C=O) groups excluding carboxylic acids is 1. The van der Waals surface area contributed by atoms with Gasteiger partial charge in [0.15, 0.2) is 0 Å². The van der Waals surface area contributed by atoms with Gasteiger partial charge in [0, 0.05) is 17.3 Å². The number of hydrogen-bond acceptors (Lipinski definition) is 4. The Balaban J connectivity index is 2.10. The van der Waals surface area contributed by atoms with Crippen LogP contribution < -0.4 is 22.3 Å². The lowest BCUT2D eigenvalue weighted by Gasteiger charge is -2.07. The molecular formula is C16H17FN4O. The molecule has 0 fully saturated rings. The Morgan fingerprint density at radius 3 is 2.73 bits per heavy atom. The molecule has 22 heavy (non-hydrogen) atoms. The minimum absolute atomic E-state index is 0.354. The number of rotatable bonds is 4. The predicted octanol–water partition coefficient (Wildman–Crippen LogP) is 2.65. The number of nitrogens with one attached hydrogen (secondary N) is 2.